The largest absolute Gasteiger partial charge is 0.347 e. The minimum atomic E-state index is -0.384. The van der Waals surface area contributed by atoms with Crippen LogP contribution in [-0.2, 0) is 9.59 Å². The van der Waals surface area contributed by atoms with Crippen molar-refractivity contribution < 1.29 is 14.0 Å². The van der Waals surface area contributed by atoms with Crippen molar-refractivity contribution in [3.8, 4) is 10.6 Å². The zero-order chi connectivity index (χ0) is 17.7. The number of rotatable bonds is 6. The van der Waals surface area contributed by atoms with Crippen molar-refractivity contribution in [3.05, 3.63) is 40.7 Å². The summed E-state index contributed by atoms with van der Waals surface area (Å²) in [6.07, 6.45) is 0. The van der Waals surface area contributed by atoms with Crippen LogP contribution >= 0.6 is 23.7 Å². The molecular weight excluding hydrogens is 367 g/mol. The molecule has 0 saturated carbocycles. The van der Waals surface area contributed by atoms with Crippen LogP contribution in [0.5, 0.6) is 0 Å². The molecule has 0 radical (unpaired) electrons. The normalized spacial score (nSPS) is 11.4. The molecule has 0 aliphatic carbocycles. The van der Waals surface area contributed by atoms with Crippen LogP contribution in [0.25, 0.3) is 10.6 Å². The van der Waals surface area contributed by atoms with Gasteiger partial charge in [-0.2, -0.15) is 0 Å². The molecule has 0 fully saturated rings. The van der Waals surface area contributed by atoms with Gasteiger partial charge in [-0.3, -0.25) is 9.59 Å². The minimum absolute atomic E-state index is 0. The van der Waals surface area contributed by atoms with Crippen molar-refractivity contribution >= 4 is 35.6 Å². The van der Waals surface area contributed by atoms with Gasteiger partial charge in [-0.05, 0) is 38.1 Å². The summed E-state index contributed by atoms with van der Waals surface area (Å²) in [5.41, 5.74) is 6.79. The van der Waals surface area contributed by atoms with Gasteiger partial charge < -0.3 is 16.4 Å². The highest BCUT2D eigenvalue weighted by Gasteiger charge is 2.17. The topological polar surface area (TPSA) is 97.1 Å². The van der Waals surface area contributed by atoms with E-state index >= 15 is 0 Å². The van der Waals surface area contributed by atoms with E-state index in [1.807, 2.05) is 13.8 Å². The number of carbonyl (C=O) groups is 2. The van der Waals surface area contributed by atoms with Gasteiger partial charge in [0.25, 0.3) is 0 Å². The molecule has 25 heavy (non-hydrogen) atoms. The molecule has 2 rings (SSSR count). The number of hydrogen-bond donors (Lipinski definition) is 3. The Labute approximate surface area is 155 Å². The lowest BCUT2D eigenvalue weighted by Gasteiger charge is -2.13. The Bertz CT molecular complexity index is 736. The number of nitrogens with one attached hydrogen (secondary N) is 2. The number of carbonyl (C=O) groups excluding carboxylic acids is 2. The fraction of sp³-hybridized carbons (Fsp3) is 0.312. The van der Waals surface area contributed by atoms with E-state index in [0.29, 0.717) is 0 Å². The summed E-state index contributed by atoms with van der Waals surface area (Å²) in [4.78, 5) is 28.3. The molecule has 2 aromatic rings. The number of aromatic nitrogens is 1. The zero-order valence-electron chi connectivity index (χ0n) is 13.8. The Hall–Kier alpha value is -2.03. The van der Waals surface area contributed by atoms with Gasteiger partial charge in [-0.25, -0.2) is 9.37 Å². The fourth-order valence-corrected chi connectivity index (χ4v) is 3.21. The van der Waals surface area contributed by atoms with Crippen molar-refractivity contribution in [3.63, 3.8) is 0 Å². The Balaban J connectivity index is 0.00000312. The molecule has 0 bridgehead atoms. The number of thiazole rings is 1. The lowest BCUT2D eigenvalue weighted by atomic mass is 10.2. The molecule has 0 aliphatic rings. The van der Waals surface area contributed by atoms with Gasteiger partial charge in [0.15, 0.2) is 0 Å². The van der Waals surface area contributed by atoms with E-state index < -0.39 is 0 Å². The maximum atomic E-state index is 13.0. The van der Waals surface area contributed by atoms with Crippen LogP contribution in [0.3, 0.4) is 0 Å². The lowest BCUT2D eigenvalue weighted by Crippen LogP contribution is -2.40. The summed E-state index contributed by atoms with van der Waals surface area (Å²) < 4.78 is 13.0. The third kappa shape index (κ3) is 5.77. The lowest BCUT2D eigenvalue weighted by molar-refractivity contribution is -0.125. The molecule has 1 unspecified atom stereocenters. The molecule has 136 valence electrons. The van der Waals surface area contributed by atoms with Gasteiger partial charge in [0, 0.05) is 5.56 Å². The first-order chi connectivity index (χ1) is 11.4. The van der Waals surface area contributed by atoms with Gasteiger partial charge in [0.1, 0.15) is 10.8 Å². The highest BCUT2D eigenvalue weighted by atomic mass is 35.5. The summed E-state index contributed by atoms with van der Waals surface area (Å²) in [7, 11) is 0. The van der Waals surface area contributed by atoms with Crippen molar-refractivity contribution in [1.82, 2.24) is 15.6 Å². The Morgan fingerprint density at radius 1 is 1.28 bits per heavy atom. The molecule has 6 nitrogen and oxygen atoms in total. The molecular formula is C16H20ClFN4O2S. The fourth-order valence-electron chi connectivity index (χ4n) is 2.13. The van der Waals surface area contributed by atoms with Crippen LogP contribution in [0.15, 0.2) is 24.3 Å². The summed E-state index contributed by atoms with van der Waals surface area (Å²) in [6, 6.07) is 5.86. The first-order valence-corrected chi connectivity index (χ1v) is 8.21. The van der Waals surface area contributed by atoms with Crippen LogP contribution in [-0.4, -0.2) is 29.9 Å². The van der Waals surface area contributed by atoms with Gasteiger partial charge in [0.05, 0.1) is 29.7 Å². The summed E-state index contributed by atoms with van der Waals surface area (Å²) >= 11 is 1.44. The minimum Gasteiger partial charge on any atom is -0.347 e. The Morgan fingerprint density at radius 2 is 1.92 bits per heavy atom. The van der Waals surface area contributed by atoms with Crippen LogP contribution in [0, 0.1) is 12.7 Å². The predicted octanol–water partition coefficient (Wildman–Crippen LogP) is 1.93. The average molecular weight is 387 g/mol. The molecule has 4 N–H and O–H groups in total. The van der Waals surface area contributed by atoms with Crippen LogP contribution < -0.4 is 16.4 Å². The Morgan fingerprint density at radius 3 is 2.52 bits per heavy atom. The molecule has 0 saturated heterocycles. The van der Waals surface area contributed by atoms with Crippen molar-refractivity contribution in [2.75, 3.05) is 13.1 Å². The second kappa shape index (κ2) is 9.45. The number of amides is 2. The standard InChI is InChI=1S/C16H19FN4O2S.ClH/c1-9(20-14(23)8-19-13(22)7-18)15-10(2)21-16(24-15)11-3-5-12(17)6-4-11;/h3-6,9H,7-8,18H2,1-2H3,(H,19,22)(H,20,23);1H. The number of halogens is 2. The van der Waals surface area contributed by atoms with E-state index in [1.165, 1.54) is 23.5 Å². The first kappa shape index (κ1) is 21.0. The number of hydrogen-bond acceptors (Lipinski definition) is 5. The highest BCUT2D eigenvalue weighted by molar-refractivity contribution is 7.15. The molecule has 9 heteroatoms. The van der Waals surface area contributed by atoms with E-state index in [4.69, 9.17) is 5.73 Å². The van der Waals surface area contributed by atoms with E-state index in [1.54, 1.807) is 12.1 Å². The molecule has 1 atom stereocenters. The van der Waals surface area contributed by atoms with Gasteiger partial charge in [0.2, 0.25) is 11.8 Å². The van der Waals surface area contributed by atoms with Crippen molar-refractivity contribution in [2.45, 2.75) is 19.9 Å². The smallest absolute Gasteiger partial charge is 0.239 e. The maximum absolute atomic E-state index is 13.0. The van der Waals surface area contributed by atoms with E-state index in [2.05, 4.69) is 15.6 Å². The number of aryl methyl sites for hydroxylation is 1. The summed E-state index contributed by atoms with van der Waals surface area (Å²) in [5.74, 6) is -0.988. The van der Waals surface area contributed by atoms with Gasteiger partial charge in [-0.15, -0.1) is 23.7 Å². The highest BCUT2D eigenvalue weighted by Crippen LogP contribution is 2.31. The van der Waals surface area contributed by atoms with Crippen molar-refractivity contribution in [2.24, 2.45) is 5.73 Å². The van der Waals surface area contributed by atoms with E-state index in [0.717, 1.165) is 21.1 Å². The summed E-state index contributed by atoms with van der Waals surface area (Å²) in [5, 5.41) is 5.99. The number of nitrogens with zero attached hydrogens (tertiary/aromatic N) is 1. The number of benzene rings is 1. The number of nitrogens with two attached hydrogens (primary N) is 1. The molecule has 2 amide bonds. The molecule has 1 heterocycles. The van der Waals surface area contributed by atoms with E-state index in [9.17, 15) is 14.0 Å². The van der Waals surface area contributed by atoms with Crippen molar-refractivity contribution in [1.29, 1.82) is 0 Å². The summed E-state index contributed by atoms with van der Waals surface area (Å²) in [6.45, 7) is 3.43. The van der Waals surface area contributed by atoms with Gasteiger partial charge >= 0.3 is 0 Å². The zero-order valence-corrected chi connectivity index (χ0v) is 15.5. The molecule has 1 aromatic carbocycles. The van der Waals surface area contributed by atoms with Crippen LogP contribution in [0.1, 0.15) is 23.5 Å². The van der Waals surface area contributed by atoms with E-state index in [-0.39, 0.29) is 49.2 Å². The Kier molecular flexibility index (Phi) is 7.95. The molecule has 0 spiro atoms. The maximum Gasteiger partial charge on any atom is 0.239 e. The first-order valence-electron chi connectivity index (χ1n) is 7.40. The SMILES string of the molecule is Cc1nc(-c2ccc(F)cc2)sc1C(C)NC(=O)CNC(=O)CN.Cl. The molecule has 1 aromatic heterocycles. The third-order valence-corrected chi connectivity index (χ3v) is 4.72. The molecule has 0 aliphatic heterocycles. The quantitative estimate of drug-likeness (QED) is 0.706. The van der Waals surface area contributed by atoms with Crippen LogP contribution in [0.4, 0.5) is 4.39 Å². The average Bonchev–Trinajstić information content (AvgIpc) is 2.95. The van der Waals surface area contributed by atoms with Crippen LogP contribution in [0.2, 0.25) is 0 Å². The predicted molar refractivity (Wildman–Crippen MR) is 98.1 cm³/mol. The third-order valence-electron chi connectivity index (χ3n) is 3.33. The second-order valence-corrected chi connectivity index (χ2v) is 6.28. The van der Waals surface area contributed by atoms with Gasteiger partial charge in [-0.1, -0.05) is 0 Å². The monoisotopic (exact) mass is 386 g/mol. The second-order valence-electron chi connectivity index (χ2n) is 5.25.